The van der Waals surface area contributed by atoms with Gasteiger partial charge >= 0.3 is 6.03 Å². The molecule has 0 aromatic heterocycles. The number of ether oxygens (including phenoxy) is 1. The van der Waals surface area contributed by atoms with Crippen LogP contribution in [0.3, 0.4) is 0 Å². The van der Waals surface area contributed by atoms with E-state index in [-0.39, 0.29) is 6.03 Å². The predicted octanol–water partition coefficient (Wildman–Crippen LogP) is 4.19. The Morgan fingerprint density at radius 3 is 2.39 bits per heavy atom. The molecule has 0 radical (unpaired) electrons. The number of benzene rings is 2. The molecule has 0 aliphatic carbocycles. The van der Waals surface area contributed by atoms with Crippen molar-refractivity contribution in [1.29, 1.82) is 0 Å². The highest BCUT2D eigenvalue weighted by Crippen LogP contribution is 2.24. The van der Waals surface area contributed by atoms with Crippen LogP contribution in [0.1, 0.15) is 12.8 Å². The number of amides is 2. The largest absolute Gasteiger partial charge is 0.497 e. The lowest BCUT2D eigenvalue weighted by Crippen LogP contribution is -2.46. The molecule has 2 aromatic rings. The molecule has 0 atom stereocenters. The Morgan fingerprint density at radius 1 is 0.871 bits per heavy atom. The average molecular weight is 443 g/mol. The van der Waals surface area contributed by atoms with Crippen molar-refractivity contribution in [3.63, 3.8) is 0 Å². The highest BCUT2D eigenvalue weighted by atomic mass is 35.5. The zero-order valence-electron chi connectivity index (χ0n) is 18.2. The molecule has 2 aliphatic rings. The van der Waals surface area contributed by atoms with Crippen LogP contribution in [0.25, 0.3) is 0 Å². The Morgan fingerprint density at radius 2 is 1.61 bits per heavy atom. The summed E-state index contributed by atoms with van der Waals surface area (Å²) in [5.41, 5.74) is 2.12. The van der Waals surface area contributed by atoms with E-state index in [0.717, 1.165) is 76.6 Å². The third-order valence-electron chi connectivity index (χ3n) is 6.16. The molecule has 31 heavy (non-hydrogen) atoms. The molecule has 2 aliphatic heterocycles. The van der Waals surface area contributed by atoms with Gasteiger partial charge in [-0.1, -0.05) is 23.7 Å². The summed E-state index contributed by atoms with van der Waals surface area (Å²) in [7, 11) is 1.71. The minimum atomic E-state index is 0.0918. The lowest BCUT2D eigenvalue weighted by atomic mass is 10.2. The number of urea groups is 1. The Bertz CT molecular complexity index is 885. The molecular formula is C24H31ClN4O2. The van der Waals surface area contributed by atoms with E-state index in [1.165, 1.54) is 5.69 Å². The van der Waals surface area contributed by atoms with Gasteiger partial charge in [0, 0.05) is 68.3 Å². The van der Waals surface area contributed by atoms with E-state index < -0.39 is 0 Å². The van der Waals surface area contributed by atoms with Crippen LogP contribution in [-0.4, -0.2) is 75.3 Å². The Hall–Kier alpha value is -2.44. The number of hydrogen-bond acceptors (Lipinski definition) is 4. The van der Waals surface area contributed by atoms with Gasteiger partial charge in [0.25, 0.3) is 0 Å². The summed E-state index contributed by atoms with van der Waals surface area (Å²) < 4.78 is 5.35. The van der Waals surface area contributed by atoms with Crippen molar-refractivity contribution in [2.75, 3.05) is 69.3 Å². The summed E-state index contributed by atoms with van der Waals surface area (Å²) in [5, 5.41) is 0.662. The van der Waals surface area contributed by atoms with E-state index in [0.29, 0.717) is 5.02 Å². The third-order valence-corrected chi connectivity index (χ3v) is 6.39. The van der Waals surface area contributed by atoms with Crippen LogP contribution in [0.15, 0.2) is 48.5 Å². The van der Waals surface area contributed by atoms with Crippen LogP contribution >= 0.6 is 11.6 Å². The molecule has 166 valence electrons. The highest BCUT2D eigenvalue weighted by Gasteiger charge is 2.29. The first kappa shape index (κ1) is 21.8. The van der Waals surface area contributed by atoms with Gasteiger partial charge in [-0.05, 0) is 49.7 Å². The highest BCUT2D eigenvalue weighted by molar-refractivity contribution is 6.30. The average Bonchev–Trinajstić information content (AvgIpc) is 3.17. The van der Waals surface area contributed by atoms with E-state index in [9.17, 15) is 4.79 Å². The van der Waals surface area contributed by atoms with Crippen LogP contribution < -0.4 is 14.5 Å². The van der Waals surface area contributed by atoms with E-state index in [1.54, 1.807) is 7.11 Å². The standard InChI is InChI=1S/C24H31ClN4O2/c1-31-23-9-5-7-21(19-23)27-14-12-26(13-15-27)10-2-3-11-28-16-17-29(24(28)30)22-8-4-6-20(25)18-22/h4-9,18-19H,2-3,10-17H2,1H3. The van der Waals surface area contributed by atoms with Gasteiger partial charge in [-0.3, -0.25) is 9.80 Å². The van der Waals surface area contributed by atoms with Gasteiger partial charge in [0.05, 0.1) is 7.11 Å². The maximum Gasteiger partial charge on any atom is 0.324 e. The molecule has 2 heterocycles. The predicted molar refractivity (Wildman–Crippen MR) is 127 cm³/mol. The normalized spacial score (nSPS) is 17.5. The fraction of sp³-hybridized carbons (Fsp3) is 0.458. The lowest BCUT2D eigenvalue weighted by Gasteiger charge is -2.36. The summed E-state index contributed by atoms with van der Waals surface area (Å²) >= 11 is 6.08. The number of anilines is 2. The summed E-state index contributed by atoms with van der Waals surface area (Å²) in [6.07, 6.45) is 2.14. The molecule has 0 unspecified atom stereocenters. The van der Waals surface area contributed by atoms with Gasteiger partial charge in [-0.15, -0.1) is 0 Å². The number of nitrogens with zero attached hydrogens (tertiary/aromatic N) is 4. The zero-order valence-corrected chi connectivity index (χ0v) is 18.9. The van der Waals surface area contributed by atoms with Crippen molar-refractivity contribution in [3.05, 3.63) is 53.6 Å². The first-order valence-electron chi connectivity index (χ1n) is 11.1. The number of hydrogen-bond donors (Lipinski definition) is 0. The van der Waals surface area contributed by atoms with E-state index in [4.69, 9.17) is 16.3 Å². The second-order valence-electron chi connectivity index (χ2n) is 8.14. The van der Waals surface area contributed by atoms with E-state index in [2.05, 4.69) is 21.9 Å². The fourth-order valence-electron chi connectivity index (χ4n) is 4.35. The Balaban J connectivity index is 1.16. The molecule has 2 amide bonds. The zero-order chi connectivity index (χ0) is 21.6. The topological polar surface area (TPSA) is 39.3 Å². The number of piperazine rings is 1. The second-order valence-corrected chi connectivity index (χ2v) is 8.57. The quantitative estimate of drug-likeness (QED) is 0.574. The van der Waals surface area contributed by atoms with Crippen molar-refractivity contribution < 1.29 is 9.53 Å². The molecule has 6 nitrogen and oxygen atoms in total. The maximum absolute atomic E-state index is 12.7. The van der Waals surface area contributed by atoms with Crippen LogP contribution in [0.2, 0.25) is 5.02 Å². The molecule has 7 heteroatoms. The fourth-order valence-corrected chi connectivity index (χ4v) is 4.53. The monoisotopic (exact) mass is 442 g/mol. The number of unbranched alkanes of at least 4 members (excludes halogenated alkanes) is 1. The number of methoxy groups -OCH3 is 1. The Labute approximate surface area is 189 Å². The first-order valence-corrected chi connectivity index (χ1v) is 11.5. The smallest absolute Gasteiger partial charge is 0.324 e. The minimum Gasteiger partial charge on any atom is -0.497 e. The number of carbonyl (C=O) groups excluding carboxylic acids is 1. The molecular weight excluding hydrogens is 412 g/mol. The molecule has 0 N–H and O–H groups in total. The second kappa shape index (κ2) is 10.2. The van der Waals surface area contributed by atoms with Crippen molar-refractivity contribution in [1.82, 2.24) is 9.80 Å². The van der Waals surface area contributed by atoms with Gasteiger partial charge in [0.2, 0.25) is 0 Å². The van der Waals surface area contributed by atoms with Crippen molar-refractivity contribution in [2.24, 2.45) is 0 Å². The first-order chi connectivity index (χ1) is 15.1. The van der Waals surface area contributed by atoms with Gasteiger partial charge in [-0.25, -0.2) is 4.79 Å². The van der Waals surface area contributed by atoms with E-state index in [1.807, 2.05) is 46.2 Å². The van der Waals surface area contributed by atoms with Crippen LogP contribution in [0.4, 0.5) is 16.2 Å². The molecule has 2 aromatic carbocycles. The third kappa shape index (κ3) is 5.43. The molecule has 2 fully saturated rings. The maximum atomic E-state index is 12.7. The summed E-state index contributed by atoms with van der Waals surface area (Å²) in [6, 6.07) is 15.9. The van der Waals surface area contributed by atoms with Gasteiger partial charge in [0.1, 0.15) is 5.75 Å². The number of rotatable bonds is 8. The molecule has 2 saturated heterocycles. The van der Waals surface area contributed by atoms with Gasteiger partial charge < -0.3 is 14.5 Å². The van der Waals surface area contributed by atoms with Gasteiger partial charge in [0.15, 0.2) is 0 Å². The minimum absolute atomic E-state index is 0.0918. The van der Waals surface area contributed by atoms with Crippen molar-refractivity contribution in [3.8, 4) is 5.75 Å². The van der Waals surface area contributed by atoms with Crippen LogP contribution in [0, 0.1) is 0 Å². The summed E-state index contributed by atoms with van der Waals surface area (Å²) in [5.74, 6) is 0.908. The summed E-state index contributed by atoms with van der Waals surface area (Å²) in [6.45, 7) is 7.63. The Kier molecular flexibility index (Phi) is 7.20. The van der Waals surface area contributed by atoms with Crippen LogP contribution in [0.5, 0.6) is 5.75 Å². The number of halogens is 1. The molecule has 4 rings (SSSR count). The van der Waals surface area contributed by atoms with Crippen molar-refractivity contribution >= 4 is 29.0 Å². The molecule has 0 bridgehead atoms. The number of carbonyl (C=O) groups is 1. The van der Waals surface area contributed by atoms with E-state index >= 15 is 0 Å². The van der Waals surface area contributed by atoms with Crippen LogP contribution in [-0.2, 0) is 0 Å². The lowest BCUT2D eigenvalue weighted by molar-refractivity contribution is 0.216. The van der Waals surface area contributed by atoms with Crippen molar-refractivity contribution in [2.45, 2.75) is 12.8 Å². The summed E-state index contributed by atoms with van der Waals surface area (Å²) in [4.78, 5) is 21.4. The SMILES string of the molecule is COc1cccc(N2CCN(CCCCN3CCN(c4cccc(Cl)c4)C3=O)CC2)c1. The molecule has 0 saturated carbocycles. The van der Waals surface area contributed by atoms with Gasteiger partial charge in [-0.2, -0.15) is 0 Å². The molecule has 0 spiro atoms.